The maximum absolute atomic E-state index is 5.29. The van der Waals surface area contributed by atoms with E-state index >= 15 is 0 Å². The number of hydrogen-bond acceptors (Lipinski definition) is 1. The molecular weight excluding hydrogens is 146 g/mol. The van der Waals surface area contributed by atoms with Crippen LogP contribution in [0, 0.1) is 0 Å². The van der Waals surface area contributed by atoms with Crippen LogP contribution in [-0.4, -0.2) is 6.54 Å². The first-order valence-corrected chi connectivity index (χ1v) is 4.35. The van der Waals surface area contributed by atoms with Crippen LogP contribution >= 0.6 is 0 Å². The largest absolute Gasteiger partial charge is 0.327 e. The van der Waals surface area contributed by atoms with Crippen molar-refractivity contribution in [2.45, 2.75) is 13.8 Å². The maximum atomic E-state index is 5.29. The molecule has 1 aromatic carbocycles. The molecule has 0 saturated heterocycles. The summed E-state index contributed by atoms with van der Waals surface area (Å²) in [6.45, 7) is 4.61. The van der Waals surface area contributed by atoms with Crippen LogP contribution < -0.4 is 5.73 Å². The van der Waals surface area contributed by atoms with Crippen molar-refractivity contribution >= 4 is 6.08 Å². The van der Waals surface area contributed by atoms with E-state index in [4.69, 9.17) is 5.73 Å². The number of hydrogen-bond donors (Lipinski definition) is 1. The Labute approximate surface area is 74.9 Å². The second-order valence-corrected chi connectivity index (χ2v) is 2.05. The average Bonchev–Trinajstić information content (AvgIpc) is 2.19. The predicted molar refractivity (Wildman–Crippen MR) is 55.9 cm³/mol. The normalized spacial score (nSPS) is 9.25. The van der Waals surface area contributed by atoms with Crippen LogP contribution in [0.3, 0.4) is 0 Å². The highest BCUT2D eigenvalue weighted by Crippen LogP contribution is 1.99. The van der Waals surface area contributed by atoms with Gasteiger partial charge in [-0.25, -0.2) is 0 Å². The van der Waals surface area contributed by atoms with Gasteiger partial charge in [-0.3, -0.25) is 0 Å². The van der Waals surface area contributed by atoms with Crippen molar-refractivity contribution in [2.75, 3.05) is 6.54 Å². The average molecular weight is 163 g/mol. The van der Waals surface area contributed by atoms with Crippen molar-refractivity contribution in [2.24, 2.45) is 5.73 Å². The Morgan fingerprint density at radius 3 is 2.25 bits per heavy atom. The smallest absolute Gasteiger partial charge is 0.0110 e. The van der Waals surface area contributed by atoms with Crippen LogP contribution in [-0.2, 0) is 0 Å². The third-order valence-corrected chi connectivity index (χ3v) is 1.25. The Kier molecular flexibility index (Phi) is 7.30. The van der Waals surface area contributed by atoms with Crippen molar-refractivity contribution in [3.05, 3.63) is 42.0 Å². The minimum Gasteiger partial charge on any atom is -0.327 e. The molecule has 0 aromatic heterocycles. The molecule has 0 aliphatic carbocycles. The molecule has 0 fully saturated rings. The summed E-state index contributed by atoms with van der Waals surface area (Å²) < 4.78 is 0. The maximum Gasteiger partial charge on any atom is 0.0110 e. The van der Waals surface area contributed by atoms with Crippen LogP contribution in [0.4, 0.5) is 0 Å². The molecule has 0 bridgehead atoms. The summed E-state index contributed by atoms with van der Waals surface area (Å²) in [7, 11) is 0. The molecule has 0 radical (unpaired) electrons. The second-order valence-electron chi connectivity index (χ2n) is 2.05. The van der Waals surface area contributed by atoms with Gasteiger partial charge in [0.1, 0.15) is 0 Å². The van der Waals surface area contributed by atoms with Gasteiger partial charge in [0.2, 0.25) is 0 Å². The molecule has 0 atom stereocenters. The van der Waals surface area contributed by atoms with Gasteiger partial charge < -0.3 is 5.73 Å². The first-order chi connectivity index (χ1) is 5.93. The van der Waals surface area contributed by atoms with Gasteiger partial charge >= 0.3 is 0 Å². The first kappa shape index (κ1) is 10.9. The van der Waals surface area contributed by atoms with Crippen LogP contribution in [0.2, 0.25) is 0 Å². The molecule has 0 aliphatic rings. The molecule has 1 aromatic rings. The Morgan fingerprint density at radius 2 is 1.75 bits per heavy atom. The zero-order valence-electron chi connectivity index (χ0n) is 7.83. The molecule has 0 unspecified atom stereocenters. The lowest BCUT2D eigenvalue weighted by Crippen LogP contribution is -1.91. The summed E-state index contributed by atoms with van der Waals surface area (Å²) in [5.41, 5.74) is 6.49. The summed E-state index contributed by atoms with van der Waals surface area (Å²) >= 11 is 0. The molecule has 1 rings (SSSR count). The van der Waals surface area contributed by atoms with Crippen molar-refractivity contribution in [3.8, 4) is 0 Å². The lowest BCUT2D eigenvalue weighted by Gasteiger charge is -1.88. The lowest BCUT2D eigenvalue weighted by atomic mass is 10.2. The summed E-state index contributed by atoms with van der Waals surface area (Å²) in [4.78, 5) is 0. The van der Waals surface area contributed by atoms with E-state index in [1.54, 1.807) is 0 Å². The topological polar surface area (TPSA) is 26.0 Å². The fraction of sp³-hybridized carbons (Fsp3) is 0.273. The molecule has 0 heterocycles. The fourth-order valence-corrected chi connectivity index (χ4v) is 0.768. The fourth-order valence-electron chi connectivity index (χ4n) is 0.768. The highest BCUT2D eigenvalue weighted by atomic mass is 14.5. The minimum atomic E-state index is 0.606. The highest BCUT2D eigenvalue weighted by Gasteiger charge is 1.79. The lowest BCUT2D eigenvalue weighted by molar-refractivity contribution is 1.26. The van der Waals surface area contributed by atoms with E-state index in [0.29, 0.717) is 6.54 Å². The van der Waals surface area contributed by atoms with Crippen molar-refractivity contribution < 1.29 is 0 Å². The first-order valence-electron chi connectivity index (χ1n) is 4.35. The molecule has 1 heteroatoms. The zero-order valence-corrected chi connectivity index (χ0v) is 7.83. The molecule has 0 saturated carbocycles. The molecule has 0 aliphatic heterocycles. The van der Waals surface area contributed by atoms with E-state index in [0.717, 1.165) is 0 Å². The quantitative estimate of drug-likeness (QED) is 0.712. The van der Waals surface area contributed by atoms with E-state index in [1.807, 2.05) is 56.3 Å². The summed E-state index contributed by atoms with van der Waals surface area (Å²) in [6.07, 6.45) is 3.95. The molecule has 0 spiro atoms. The van der Waals surface area contributed by atoms with E-state index in [1.165, 1.54) is 5.56 Å². The second kappa shape index (κ2) is 8.02. The zero-order chi connectivity index (χ0) is 9.23. The highest BCUT2D eigenvalue weighted by molar-refractivity contribution is 5.48. The van der Waals surface area contributed by atoms with Gasteiger partial charge in [-0.05, 0) is 5.56 Å². The van der Waals surface area contributed by atoms with Crippen LogP contribution in [0.25, 0.3) is 6.08 Å². The van der Waals surface area contributed by atoms with E-state index < -0.39 is 0 Å². The Balaban J connectivity index is 0.000000561. The van der Waals surface area contributed by atoms with Gasteiger partial charge in [-0.1, -0.05) is 56.3 Å². The third kappa shape index (κ3) is 4.69. The molecule has 2 N–H and O–H groups in total. The van der Waals surface area contributed by atoms with Crippen molar-refractivity contribution in [1.29, 1.82) is 0 Å². The molecular formula is C11H17N. The Bertz CT molecular complexity index is 202. The summed E-state index contributed by atoms with van der Waals surface area (Å²) in [5.74, 6) is 0. The van der Waals surface area contributed by atoms with Crippen molar-refractivity contribution in [3.63, 3.8) is 0 Å². The predicted octanol–water partition coefficient (Wildman–Crippen LogP) is 2.68. The van der Waals surface area contributed by atoms with E-state index in [-0.39, 0.29) is 0 Å². The van der Waals surface area contributed by atoms with Crippen LogP contribution in [0.15, 0.2) is 36.4 Å². The van der Waals surface area contributed by atoms with Gasteiger partial charge in [-0.2, -0.15) is 0 Å². The third-order valence-electron chi connectivity index (χ3n) is 1.25. The van der Waals surface area contributed by atoms with Crippen molar-refractivity contribution in [1.82, 2.24) is 0 Å². The summed E-state index contributed by atoms with van der Waals surface area (Å²) in [5, 5.41) is 0. The number of rotatable bonds is 2. The Morgan fingerprint density at radius 1 is 1.17 bits per heavy atom. The van der Waals surface area contributed by atoms with Gasteiger partial charge in [0.05, 0.1) is 0 Å². The molecule has 12 heavy (non-hydrogen) atoms. The monoisotopic (exact) mass is 163 g/mol. The van der Waals surface area contributed by atoms with Crippen LogP contribution in [0.1, 0.15) is 19.4 Å². The SMILES string of the molecule is CC.NCC=Cc1ccccc1. The number of benzene rings is 1. The van der Waals surface area contributed by atoms with Gasteiger partial charge in [0.15, 0.2) is 0 Å². The molecule has 1 nitrogen and oxygen atoms in total. The summed E-state index contributed by atoms with van der Waals surface area (Å²) in [6, 6.07) is 10.1. The van der Waals surface area contributed by atoms with Gasteiger partial charge in [-0.15, -0.1) is 0 Å². The standard InChI is InChI=1S/C9H11N.C2H6/c10-8-4-7-9-5-2-1-3-6-9;1-2/h1-7H,8,10H2;1-2H3. The molecule has 0 amide bonds. The van der Waals surface area contributed by atoms with Gasteiger partial charge in [0, 0.05) is 6.54 Å². The van der Waals surface area contributed by atoms with E-state index in [2.05, 4.69) is 0 Å². The van der Waals surface area contributed by atoms with Gasteiger partial charge in [0.25, 0.3) is 0 Å². The minimum absolute atomic E-state index is 0.606. The number of nitrogens with two attached hydrogens (primary N) is 1. The molecule has 66 valence electrons. The Hall–Kier alpha value is -1.08. The van der Waals surface area contributed by atoms with E-state index in [9.17, 15) is 0 Å². The van der Waals surface area contributed by atoms with Crippen LogP contribution in [0.5, 0.6) is 0 Å².